The molecule has 48 valence electrons. The van der Waals surface area contributed by atoms with Crippen LogP contribution in [0.2, 0.25) is 0 Å². The Morgan fingerprint density at radius 2 is 2.38 bits per heavy atom. The fourth-order valence-electron chi connectivity index (χ4n) is 0.335. The van der Waals surface area contributed by atoms with E-state index in [0.717, 1.165) is 6.42 Å². The van der Waals surface area contributed by atoms with Crippen LogP contribution in [0, 0.1) is 0 Å². The number of rotatable bonds is 2. The molecule has 0 rings (SSSR count). The smallest absolute Gasteiger partial charge is 0.121 e. The summed E-state index contributed by atoms with van der Waals surface area (Å²) in [5, 5.41) is 11.3. The molecule has 0 aliphatic rings. The molecular formula is C5H11NOS. The summed E-state index contributed by atoms with van der Waals surface area (Å²) in [5.41, 5.74) is 0. The van der Waals surface area contributed by atoms with Crippen LogP contribution in [0.15, 0.2) is 0 Å². The number of nitrogens with one attached hydrogen (secondary N) is 1. The van der Waals surface area contributed by atoms with Gasteiger partial charge in [0.05, 0.1) is 4.99 Å². The van der Waals surface area contributed by atoms with Gasteiger partial charge in [0, 0.05) is 0 Å². The van der Waals surface area contributed by atoms with Gasteiger partial charge in [0.2, 0.25) is 0 Å². The number of aliphatic hydroxyl groups is 1. The van der Waals surface area contributed by atoms with Crippen molar-refractivity contribution in [3.8, 4) is 0 Å². The Hall–Kier alpha value is -0.150. The van der Waals surface area contributed by atoms with Gasteiger partial charge in [0.1, 0.15) is 6.23 Å². The molecule has 8 heavy (non-hydrogen) atoms. The first-order valence-corrected chi connectivity index (χ1v) is 3.05. The molecule has 0 spiro atoms. The van der Waals surface area contributed by atoms with Crippen molar-refractivity contribution in [3.63, 3.8) is 0 Å². The van der Waals surface area contributed by atoms with Crippen LogP contribution in [0.5, 0.6) is 0 Å². The molecule has 1 unspecified atom stereocenters. The molecule has 0 saturated carbocycles. The highest BCUT2D eigenvalue weighted by molar-refractivity contribution is 7.80. The molecule has 2 nitrogen and oxygen atoms in total. The normalized spacial score (nSPS) is 12.9. The van der Waals surface area contributed by atoms with Crippen LogP contribution >= 0.6 is 12.2 Å². The molecule has 0 saturated heterocycles. The number of hydrogen-bond donors (Lipinski definition) is 2. The molecule has 0 aromatic rings. The third-order valence-electron chi connectivity index (χ3n) is 0.691. The SMILES string of the molecule is CCC(=S)NC(C)O. The van der Waals surface area contributed by atoms with Crippen molar-refractivity contribution in [1.29, 1.82) is 0 Å². The predicted octanol–water partition coefficient (Wildman–Crippen LogP) is 0.652. The largest absolute Gasteiger partial charge is 0.374 e. The van der Waals surface area contributed by atoms with Crippen LogP contribution < -0.4 is 5.32 Å². The van der Waals surface area contributed by atoms with Gasteiger partial charge in [-0.3, -0.25) is 0 Å². The Morgan fingerprint density at radius 3 is 2.50 bits per heavy atom. The van der Waals surface area contributed by atoms with E-state index in [0.29, 0.717) is 4.99 Å². The second kappa shape index (κ2) is 3.80. The number of hydrogen-bond acceptors (Lipinski definition) is 2. The fraction of sp³-hybridized carbons (Fsp3) is 0.800. The Bertz CT molecular complexity index is 82.5. The lowest BCUT2D eigenvalue weighted by Crippen LogP contribution is -2.29. The molecule has 1 atom stereocenters. The molecular weight excluding hydrogens is 122 g/mol. The van der Waals surface area contributed by atoms with Gasteiger partial charge < -0.3 is 10.4 Å². The molecule has 3 heteroatoms. The summed E-state index contributed by atoms with van der Waals surface area (Å²) in [5.74, 6) is 0. The minimum atomic E-state index is -0.512. The van der Waals surface area contributed by atoms with Crippen molar-refractivity contribution in [2.45, 2.75) is 26.5 Å². The van der Waals surface area contributed by atoms with E-state index in [9.17, 15) is 0 Å². The summed E-state index contributed by atoms with van der Waals surface area (Å²) in [4.78, 5) is 0.708. The molecule has 0 aliphatic heterocycles. The summed E-state index contributed by atoms with van der Waals surface area (Å²) < 4.78 is 0. The van der Waals surface area contributed by atoms with Gasteiger partial charge in [0.25, 0.3) is 0 Å². The Balaban J connectivity index is 3.25. The van der Waals surface area contributed by atoms with E-state index in [1.165, 1.54) is 0 Å². The van der Waals surface area contributed by atoms with Gasteiger partial charge in [-0.25, -0.2) is 0 Å². The second-order valence-electron chi connectivity index (χ2n) is 1.60. The summed E-state index contributed by atoms with van der Waals surface area (Å²) in [6.45, 7) is 3.58. The highest BCUT2D eigenvalue weighted by atomic mass is 32.1. The van der Waals surface area contributed by atoms with Crippen molar-refractivity contribution < 1.29 is 5.11 Å². The van der Waals surface area contributed by atoms with Gasteiger partial charge in [-0.2, -0.15) is 0 Å². The summed E-state index contributed by atoms with van der Waals surface area (Å²) in [6.07, 6.45) is 0.280. The molecule has 0 fully saturated rings. The van der Waals surface area contributed by atoms with Crippen LogP contribution in [0.1, 0.15) is 20.3 Å². The minimum Gasteiger partial charge on any atom is -0.374 e. The molecule has 2 N–H and O–H groups in total. The maximum Gasteiger partial charge on any atom is 0.121 e. The van der Waals surface area contributed by atoms with E-state index in [1.807, 2.05) is 6.92 Å². The number of thiocarbonyl (C=S) groups is 1. The van der Waals surface area contributed by atoms with Crippen molar-refractivity contribution in [2.75, 3.05) is 0 Å². The van der Waals surface area contributed by atoms with E-state index in [4.69, 9.17) is 17.3 Å². The lowest BCUT2D eigenvalue weighted by atomic mass is 10.5. The maximum atomic E-state index is 8.66. The molecule has 0 aliphatic carbocycles. The molecule has 0 aromatic heterocycles. The molecule has 0 aromatic carbocycles. The van der Waals surface area contributed by atoms with E-state index in [1.54, 1.807) is 6.92 Å². The first-order chi connectivity index (χ1) is 3.66. The van der Waals surface area contributed by atoms with E-state index < -0.39 is 6.23 Å². The summed E-state index contributed by atoms with van der Waals surface area (Å²) >= 11 is 4.76. The zero-order valence-electron chi connectivity index (χ0n) is 5.14. The highest BCUT2D eigenvalue weighted by Gasteiger charge is 1.93. The topological polar surface area (TPSA) is 32.3 Å². The van der Waals surface area contributed by atoms with Crippen molar-refractivity contribution in [1.82, 2.24) is 5.32 Å². The van der Waals surface area contributed by atoms with Crippen molar-refractivity contribution in [2.24, 2.45) is 0 Å². The first kappa shape index (κ1) is 7.85. The zero-order valence-corrected chi connectivity index (χ0v) is 5.96. The van der Waals surface area contributed by atoms with Crippen LogP contribution in [-0.4, -0.2) is 16.3 Å². The van der Waals surface area contributed by atoms with Crippen LogP contribution in [0.3, 0.4) is 0 Å². The number of aliphatic hydroxyl groups excluding tert-OH is 1. The summed E-state index contributed by atoms with van der Waals surface area (Å²) in [6, 6.07) is 0. The Labute approximate surface area is 54.9 Å². The zero-order chi connectivity index (χ0) is 6.57. The first-order valence-electron chi connectivity index (χ1n) is 2.64. The lowest BCUT2D eigenvalue weighted by Gasteiger charge is -2.06. The Kier molecular flexibility index (Phi) is 3.73. The van der Waals surface area contributed by atoms with E-state index in [-0.39, 0.29) is 0 Å². The lowest BCUT2D eigenvalue weighted by molar-refractivity contribution is 0.180. The van der Waals surface area contributed by atoms with Crippen LogP contribution in [0.25, 0.3) is 0 Å². The average molecular weight is 133 g/mol. The second-order valence-corrected chi connectivity index (χ2v) is 2.09. The van der Waals surface area contributed by atoms with Gasteiger partial charge >= 0.3 is 0 Å². The quantitative estimate of drug-likeness (QED) is 0.428. The third-order valence-corrected chi connectivity index (χ3v) is 1.10. The molecule has 0 amide bonds. The van der Waals surface area contributed by atoms with E-state index in [2.05, 4.69) is 5.32 Å². The van der Waals surface area contributed by atoms with Gasteiger partial charge in [0.15, 0.2) is 0 Å². The van der Waals surface area contributed by atoms with E-state index >= 15 is 0 Å². The Morgan fingerprint density at radius 1 is 1.88 bits per heavy atom. The van der Waals surface area contributed by atoms with Crippen LogP contribution in [-0.2, 0) is 0 Å². The minimum absolute atomic E-state index is 0.512. The predicted molar refractivity (Wildman–Crippen MR) is 37.7 cm³/mol. The van der Waals surface area contributed by atoms with Crippen molar-refractivity contribution >= 4 is 17.2 Å². The van der Waals surface area contributed by atoms with Gasteiger partial charge in [-0.15, -0.1) is 0 Å². The summed E-state index contributed by atoms with van der Waals surface area (Å²) in [7, 11) is 0. The average Bonchev–Trinajstić information content (AvgIpc) is 1.65. The fourth-order valence-corrected chi connectivity index (χ4v) is 0.506. The van der Waals surface area contributed by atoms with Gasteiger partial charge in [-0.1, -0.05) is 19.1 Å². The molecule has 0 heterocycles. The maximum absolute atomic E-state index is 8.66. The highest BCUT2D eigenvalue weighted by Crippen LogP contribution is 1.81. The monoisotopic (exact) mass is 133 g/mol. The molecule has 0 radical (unpaired) electrons. The standard InChI is InChI=1S/C5H11NOS/c1-3-5(8)6-4(2)7/h4,7H,3H2,1-2H3,(H,6,8). The van der Waals surface area contributed by atoms with Gasteiger partial charge in [-0.05, 0) is 13.3 Å². The molecule has 0 bridgehead atoms. The van der Waals surface area contributed by atoms with Crippen LogP contribution in [0.4, 0.5) is 0 Å². The van der Waals surface area contributed by atoms with Crippen molar-refractivity contribution in [3.05, 3.63) is 0 Å². The third kappa shape index (κ3) is 4.02.